The number of carbonyl (C=O) groups is 1. The lowest BCUT2D eigenvalue weighted by molar-refractivity contribution is -0.141. The van der Waals surface area contributed by atoms with E-state index in [-0.39, 0.29) is 11.4 Å². The number of methoxy groups -OCH3 is 1. The van der Waals surface area contributed by atoms with Gasteiger partial charge in [-0.15, -0.1) is 0 Å². The first-order valence-electron chi connectivity index (χ1n) is 9.65. The maximum atomic E-state index is 12.5. The maximum Gasteiger partial charge on any atom is 0.328 e. The van der Waals surface area contributed by atoms with Crippen LogP contribution in [0, 0.1) is 0 Å². The summed E-state index contributed by atoms with van der Waals surface area (Å²) in [6, 6.07) is 25.3. The lowest BCUT2D eigenvalue weighted by Crippen LogP contribution is -2.32. The minimum absolute atomic E-state index is 0.115. The molecule has 5 heteroatoms. The van der Waals surface area contributed by atoms with Crippen LogP contribution in [0.5, 0.6) is 0 Å². The Hall–Kier alpha value is -3.86. The summed E-state index contributed by atoms with van der Waals surface area (Å²) in [5.74, 6) is 0.137. The SMILES string of the molecule is COC(=O)C(Cc1ccccc1)Nc1ccc2c(=O)cc(-c3ccccc3)oc2c1. The lowest BCUT2D eigenvalue weighted by atomic mass is 10.1. The molecule has 0 saturated heterocycles. The molecule has 0 aliphatic heterocycles. The van der Waals surface area contributed by atoms with Crippen molar-refractivity contribution in [3.05, 3.63) is 101 Å². The quantitative estimate of drug-likeness (QED) is 0.478. The number of esters is 1. The summed E-state index contributed by atoms with van der Waals surface area (Å²) in [7, 11) is 1.37. The topological polar surface area (TPSA) is 68.5 Å². The highest BCUT2D eigenvalue weighted by atomic mass is 16.5. The fourth-order valence-corrected chi connectivity index (χ4v) is 3.38. The highest BCUT2D eigenvalue weighted by Crippen LogP contribution is 2.24. The Labute approximate surface area is 173 Å². The number of fused-ring (bicyclic) bond motifs is 1. The summed E-state index contributed by atoms with van der Waals surface area (Å²) in [5, 5.41) is 3.70. The summed E-state index contributed by atoms with van der Waals surface area (Å²) in [6.45, 7) is 0. The zero-order valence-electron chi connectivity index (χ0n) is 16.5. The molecule has 4 aromatic rings. The van der Waals surface area contributed by atoms with E-state index in [0.717, 1.165) is 11.1 Å². The van der Waals surface area contributed by atoms with Crippen molar-refractivity contribution in [3.8, 4) is 11.3 Å². The minimum atomic E-state index is -0.570. The summed E-state index contributed by atoms with van der Waals surface area (Å²) >= 11 is 0. The molecule has 1 aromatic heterocycles. The predicted octanol–water partition coefficient (Wildman–Crippen LogP) is 4.66. The van der Waals surface area contributed by atoms with Gasteiger partial charge in [0, 0.05) is 29.8 Å². The van der Waals surface area contributed by atoms with E-state index < -0.39 is 6.04 Å². The number of hydrogen-bond acceptors (Lipinski definition) is 5. The molecule has 0 aliphatic carbocycles. The molecular weight excluding hydrogens is 378 g/mol. The number of ether oxygens (including phenoxy) is 1. The monoisotopic (exact) mass is 399 g/mol. The average molecular weight is 399 g/mol. The van der Waals surface area contributed by atoms with Gasteiger partial charge in [0.25, 0.3) is 0 Å². The molecule has 1 heterocycles. The Kier molecular flexibility index (Phi) is 5.61. The zero-order chi connectivity index (χ0) is 20.9. The zero-order valence-corrected chi connectivity index (χ0v) is 16.5. The first-order chi connectivity index (χ1) is 14.6. The molecule has 0 radical (unpaired) electrons. The summed E-state index contributed by atoms with van der Waals surface area (Å²) < 4.78 is 11.0. The third kappa shape index (κ3) is 4.25. The Morgan fingerprint density at radius 3 is 2.37 bits per heavy atom. The number of benzene rings is 3. The van der Waals surface area contributed by atoms with Crippen molar-refractivity contribution in [2.24, 2.45) is 0 Å². The number of anilines is 1. The third-order valence-corrected chi connectivity index (χ3v) is 4.90. The Morgan fingerprint density at radius 1 is 0.967 bits per heavy atom. The van der Waals surface area contributed by atoms with E-state index in [1.165, 1.54) is 13.2 Å². The standard InChI is InChI=1S/C25H21NO4/c1-29-25(28)21(14-17-8-4-2-5-9-17)26-19-12-13-20-22(27)16-23(30-24(20)15-19)18-10-6-3-7-11-18/h2-13,15-16,21,26H,14H2,1H3. The van der Waals surface area contributed by atoms with Gasteiger partial charge < -0.3 is 14.5 Å². The number of nitrogens with one attached hydrogen (secondary N) is 1. The van der Waals surface area contributed by atoms with Crippen molar-refractivity contribution in [2.45, 2.75) is 12.5 Å². The van der Waals surface area contributed by atoms with Crippen molar-refractivity contribution in [1.29, 1.82) is 0 Å². The Balaban J connectivity index is 1.67. The minimum Gasteiger partial charge on any atom is -0.467 e. The number of hydrogen-bond donors (Lipinski definition) is 1. The van der Waals surface area contributed by atoms with E-state index >= 15 is 0 Å². The molecule has 1 atom stereocenters. The summed E-state index contributed by atoms with van der Waals surface area (Å²) in [6.07, 6.45) is 0.472. The third-order valence-electron chi connectivity index (χ3n) is 4.90. The second kappa shape index (κ2) is 8.66. The van der Waals surface area contributed by atoms with Gasteiger partial charge in [-0.1, -0.05) is 60.7 Å². The molecule has 3 aromatic carbocycles. The van der Waals surface area contributed by atoms with E-state index in [1.54, 1.807) is 18.2 Å². The van der Waals surface area contributed by atoms with E-state index in [1.807, 2.05) is 60.7 Å². The molecule has 0 bridgehead atoms. The molecule has 0 spiro atoms. The van der Waals surface area contributed by atoms with Crippen molar-refractivity contribution in [3.63, 3.8) is 0 Å². The van der Waals surface area contributed by atoms with E-state index in [2.05, 4.69) is 5.32 Å². The van der Waals surface area contributed by atoms with Gasteiger partial charge in [0.05, 0.1) is 12.5 Å². The van der Waals surface area contributed by atoms with Gasteiger partial charge in [-0.2, -0.15) is 0 Å². The maximum absolute atomic E-state index is 12.5. The van der Waals surface area contributed by atoms with Gasteiger partial charge in [0.2, 0.25) is 0 Å². The molecule has 30 heavy (non-hydrogen) atoms. The molecule has 150 valence electrons. The van der Waals surface area contributed by atoms with Gasteiger partial charge in [0.1, 0.15) is 17.4 Å². The van der Waals surface area contributed by atoms with Crippen LogP contribution >= 0.6 is 0 Å². The molecule has 0 amide bonds. The van der Waals surface area contributed by atoms with Crippen LogP contribution in [0.1, 0.15) is 5.56 Å². The van der Waals surface area contributed by atoms with Crippen LogP contribution in [0.3, 0.4) is 0 Å². The van der Waals surface area contributed by atoms with Crippen LogP contribution in [-0.4, -0.2) is 19.1 Å². The highest BCUT2D eigenvalue weighted by molar-refractivity contribution is 5.84. The fraction of sp³-hybridized carbons (Fsp3) is 0.120. The average Bonchev–Trinajstić information content (AvgIpc) is 2.79. The van der Waals surface area contributed by atoms with Crippen molar-refractivity contribution in [2.75, 3.05) is 12.4 Å². The Bertz CT molecular complexity index is 1220. The highest BCUT2D eigenvalue weighted by Gasteiger charge is 2.20. The van der Waals surface area contributed by atoms with Crippen molar-refractivity contribution >= 4 is 22.6 Å². The lowest BCUT2D eigenvalue weighted by Gasteiger charge is -2.18. The van der Waals surface area contributed by atoms with Gasteiger partial charge in [-0.25, -0.2) is 4.79 Å². The van der Waals surface area contributed by atoms with Gasteiger partial charge >= 0.3 is 5.97 Å². The van der Waals surface area contributed by atoms with Crippen molar-refractivity contribution < 1.29 is 13.9 Å². The smallest absolute Gasteiger partial charge is 0.328 e. The van der Waals surface area contributed by atoms with Gasteiger partial charge in [-0.3, -0.25) is 4.79 Å². The molecule has 5 nitrogen and oxygen atoms in total. The van der Waals surface area contributed by atoms with E-state index in [0.29, 0.717) is 28.8 Å². The van der Waals surface area contributed by atoms with Crippen LogP contribution < -0.4 is 10.7 Å². The van der Waals surface area contributed by atoms with Crippen LogP contribution in [0.15, 0.2) is 94.1 Å². The molecule has 1 unspecified atom stereocenters. The Morgan fingerprint density at radius 2 is 1.67 bits per heavy atom. The molecule has 0 saturated carbocycles. The first-order valence-corrected chi connectivity index (χ1v) is 9.65. The van der Waals surface area contributed by atoms with Crippen LogP contribution in [-0.2, 0) is 16.0 Å². The molecule has 0 aliphatic rings. The normalized spacial score (nSPS) is 11.8. The predicted molar refractivity (Wildman–Crippen MR) is 117 cm³/mol. The van der Waals surface area contributed by atoms with Crippen LogP contribution in [0.4, 0.5) is 5.69 Å². The second-order valence-corrected chi connectivity index (χ2v) is 6.96. The summed E-state index contributed by atoms with van der Waals surface area (Å²) in [4.78, 5) is 24.9. The summed E-state index contributed by atoms with van der Waals surface area (Å²) in [5.41, 5.74) is 2.85. The van der Waals surface area contributed by atoms with Crippen LogP contribution in [0.25, 0.3) is 22.3 Å². The van der Waals surface area contributed by atoms with Crippen LogP contribution in [0.2, 0.25) is 0 Å². The van der Waals surface area contributed by atoms with E-state index in [9.17, 15) is 9.59 Å². The second-order valence-electron chi connectivity index (χ2n) is 6.96. The molecular formula is C25H21NO4. The number of rotatable bonds is 6. The van der Waals surface area contributed by atoms with Gasteiger partial charge in [0.15, 0.2) is 5.43 Å². The molecule has 0 fully saturated rings. The van der Waals surface area contributed by atoms with E-state index in [4.69, 9.17) is 9.15 Å². The molecule has 4 rings (SSSR count). The number of carbonyl (C=O) groups excluding carboxylic acids is 1. The molecule has 1 N–H and O–H groups in total. The van der Waals surface area contributed by atoms with Crippen molar-refractivity contribution in [1.82, 2.24) is 0 Å². The first kappa shape index (κ1) is 19.5. The van der Waals surface area contributed by atoms with Gasteiger partial charge in [-0.05, 0) is 17.7 Å². The largest absolute Gasteiger partial charge is 0.467 e. The fourth-order valence-electron chi connectivity index (χ4n) is 3.38.